The molecule has 0 radical (unpaired) electrons. The molecule has 1 fully saturated rings. The first-order chi connectivity index (χ1) is 12.1. The lowest BCUT2D eigenvalue weighted by molar-refractivity contribution is -0.118. The van der Waals surface area contributed by atoms with E-state index in [-0.39, 0.29) is 12.5 Å². The van der Waals surface area contributed by atoms with Gasteiger partial charge in [-0.3, -0.25) is 4.79 Å². The lowest BCUT2D eigenvalue weighted by Crippen LogP contribution is -2.20. The van der Waals surface area contributed by atoms with E-state index in [1.807, 2.05) is 56.3 Å². The van der Waals surface area contributed by atoms with Gasteiger partial charge in [0.25, 0.3) is 5.91 Å². The van der Waals surface area contributed by atoms with Crippen LogP contribution in [0.15, 0.2) is 42.5 Å². The monoisotopic (exact) mass is 339 g/mol. The van der Waals surface area contributed by atoms with Crippen LogP contribution >= 0.6 is 0 Å². The second-order valence-electron chi connectivity index (χ2n) is 6.58. The maximum atomic E-state index is 12.1. The molecule has 2 aromatic carbocycles. The average Bonchev–Trinajstić information content (AvgIpc) is 3.11. The molecule has 1 saturated carbocycles. The first-order valence-electron chi connectivity index (χ1n) is 8.87. The summed E-state index contributed by atoms with van der Waals surface area (Å²) in [4.78, 5) is 12.1. The van der Waals surface area contributed by atoms with E-state index in [0.29, 0.717) is 6.10 Å². The smallest absolute Gasteiger partial charge is 0.262 e. The zero-order valence-electron chi connectivity index (χ0n) is 14.9. The Morgan fingerprint density at radius 3 is 2.52 bits per heavy atom. The standard InChI is InChI=1S/C21H25NO3/c1-15-6-5-9-20(16(15)2)24-14-21(23)22-17-10-12-19(13-11-17)25-18-7-3-4-8-18/h5-6,9-13,18H,3-4,7-8,14H2,1-2H3,(H,22,23). The molecule has 4 heteroatoms. The first kappa shape index (κ1) is 17.3. The molecule has 0 bridgehead atoms. The first-order valence-corrected chi connectivity index (χ1v) is 8.87. The molecule has 0 unspecified atom stereocenters. The van der Waals surface area contributed by atoms with Crippen LogP contribution in [-0.4, -0.2) is 18.6 Å². The third-order valence-electron chi connectivity index (χ3n) is 4.66. The summed E-state index contributed by atoms with van der Waals surface area (Å²) in [5.74, 6) is 1.43. The molecule has 4 nitrogen and oxygen atoms in total. The normalized spacial score (nSPS) is 14.3. The van der Waals surface area contributed by atoms with Gasteiger partial charge in [0.05, 0.1) is 6.10 Å². The number of ether oxygens (including phenoxy) is 2. The number of anilines is 1. The lowest BCUT2D eigenvalue weighted by Gasteiger charge is -2.14. The summed E-state index contributed by atoms with van der Waals surface area (Å²) in [6, 6.07) is 13.4. The van der Waals surface area contributed by atoms with Crippen molar-refractivity contribution in [3.8, 4) is 11.5 Å². The van der Waals surface area contributed by atoms with Gasteiger partial charge in [-0.15, -0.1) is 0 Å². The van der Waals surface area contributed by atoms with Crippen LogP contribution in [-0.2, 0) is 4.79 Å². The van der Waals surface area contributed by atoms with Crippen molar-refractivity contribution in [2.75, 3.05) is 11.9 Å². The van der Waals surface area contributed by atoms with Crippen LogP contribution < -0.4 is 14.8 Å². The van der Waals surface area contributed by atoms with Crippen LogP contribution in [0, 0.1) is 13.8 Å². The largest absolute Gasteiger partial charge is 0.490 e. The van der Waals surface area contributed by atoms with Crippen molar-refractivity contribution in [2.45, 2.75) is 45.6 Å². The van der Waals surface area contributed by atoms with E-state index in [1.165, 1.54) is 12.8 Å². The van der Waals surface area contributed by atoms with Crippen molar-refractivity contribution in [1.82, 2.24) is 0 Å². The summed E-state index contributed by atoms with van der Waals surface area (Å²) in [6.45, 7) is 4.01. The minimum absolute atomic E-state index is 0.00931. The molecule has 25 heavy (non-hydrogen) atoms. The van der Waals surface area contributed by atoms with Crippen molar-refractivity contribution in [1.29, 1.82) is 0 Å². The predicted molar refractivity (Wildman–Crippen MR) is 99.4 cm³/mol. The number of aryl methyl sites for hydroxylation is 1. The van der Waals surface area contributed by atoms with Gasteiger partial charge in [0.1, 0.15) is 11.5 Å². The Labute approximate surface area is 149 Å². The number of hydrogen-bond donors (Lipinski definition) is 1. The average molecular weight is 339 g/mol. The lowest BCUT2D eigenvalue weighted by atomic mass is 10.1. The highest BCUT2D eigenvalue weighted by Crippen LogP contribution is 2.25. The Hall–Kier alpha value is -2.49. The number of benzene rings is 2. The van der Waals surface area contributed by atoms with Crippen molar-refractivity contribution in [2.24, 2.45) is 0 Å². The van der Waals surface area contributed by atoms with Gasteiger partial charge in [0.15, 0.2) is 6.61 Å². The van der Waals surface area contributed by atoms with Crippen LogP contribution in [0.5, 0.6) is 11.5 Å². The fourth-order valence-electron chi connectivity index (χ4n) is 3.04. The van der Waals surface area contributed by atoms with Crippen LogP contribution in [0.3, 0.4) is 0 Å². The van der Waals surface area contributed by atoms with Gasteiger partial charge in [0, 0.05) is 5.69 Å². The maximum absolute atomic E-state index is 12.1. The summed E-state index contributed by atoms with van der Waals surface area (Å²) < 4.78 is 11.6. The summed E-state index contributed by atoms with van der Waals surface area (Å²) >= 11 is 0. The number of hydrogen-bond acceptors (Lipinski definition) is 3. The number of nitrogens with one attached hydrogen (secondary N) is 1. The quantitative estimate of drug-likeness (QED) is 0.834. The SMILES string of the molecule is Cc1cccc(OCC(=O)Nc2ccc(OC3CCCC3)cc2)c1C. The summed E-state index contributed by atoms with van der Waals surface area (Å²) in [5, 5.41) is 2.85. The van der Waals surface area contributed by atoms with Gasteiger partial charge in [0.2, 0.25) is 0 Å². The van der Waals surface area contributed by atoms with Crippen molar-refractivity contribution >= 4 is 11.6 Å². The number of amides is 1. The predicted octanol–water partition coefficient (Wildman–Crippen LogP) is 4.64. The van der Waals surface area contributed by atoms with Crippen molar-refractivity contribution < 1.29 is 14.3 Å². The summed E-state index contributed by atoms with van der Waals surface area (Å²) in [6.07, 6.45) is 5.10. The molecule has 0 aliphatic heterocycles. The van der Waals surface area contributed by atoms with E-state index in [9.17, 15) is 4.79 Å². The number of carbonyl (C=O) groups excluding carboxylic acids is 1. The van der Waals surface area contributed by atoms with Gasteiger partial charge < -0.3 is 14.8 Å². The van der Waals surface area contributed by atoms with Crippen molar-refractivity contribution in [3.63, 3.8) is 0 Å². The fraction of sp³-hybridized carbons (Fsp3) is 0.381. The van der Waals surface area contributed by atoms with Gasteiger partial charge in [-0.1, -0.05) is 12.1 Å². The highest BCUT2D eigenvalue weighted by molar-refractivity contribution is 5.91. The van der Waals surface area contributed by atoms with Crippen LogP contribution in [0.2, 0.25) is 0 Å². The fourth-order valence-corrected chi connectivity index (χ4v) is 3.04. The van der Waals surface area contributed by atoms with Gasteiger partial charge in [-0.2, -0.15) is 0 Å². The molecule has 0 spiro atoms. The topological polar surface area (TPSA) is 47.6 Å². The minimum atomic E-state index is -0.176. The van der Waals surface area contributed by atoms with E-state index in [4.69, 9.17) is 9.47 Å². The molecule has 1 N–H and O–H groups in total. The molecule has 1 amide bonds. The Balaban J connectivity index is 1.49. The second-order valence-corrected chi connectivity index (χ2v) is 6.58. The zero-order valence-corrected chi connectivity index (χ0v) is 14.9. The van der Waals surface area contributed by atoms with E-state index in [2.05, 4.69) is 5.32 Å². The molecule has 3 rings (SSSR count). The highest BCUT2D eigenvalue weighted by atomic mass is 16.5. The zero-order chi connectivity index (χ0) is 17.6. The second kappa shape index (κ2) is 8.06. The molecule has 132 valence electrons. The van der Waals surface area contributed by atoms with E-state index in [1.54, 1.807) is 0 Å². The molecule has 1 aliphatic carbocycles. The molecule has 1 aliphatic rings. The molecular weight excluding hydrogens is 314 g/mol. The van der Waals surface area contributed by atoms with Gasteiger partial charge >= 0.3 is 0 Å². The summed E-state index contributed by atoms with van der Waals surface area (Å²) in [5.41, 5.74) is 2.95. The van der Waals surface area contributed by atoms with Gasteiger partial charge in [-0.05, 0) is 81.0 Å². The minimum Gasteiger partial charge on any atom is -0.490 e. The maximum Gasteiger partial charge on any atom is 0.262 e. The van der Waals surface area contributed by atoms with E-state index >= 15 is 0 Å². The molecule has 0 saturated heterocycles. The van der Waals surface area contributed by atoms with Crippen LogP contribution in [0.4, 0.5) is 5.69 Å². The molecule has 2 aromatic rings. The molecule has 0 aromatic heterocycles. The molecular formula is C21H25NO3. The van der Waals surface area contributed by atoms with Crippen LogP contribution in [0.25, 0.3) is 0 Å². The third kappa shape index (κ3) is 4.75. The van der Waals surface area contributed by atoms with Crippen molar-refractivity contribution in [3.05, 3.63) is 53.6 Å². The Morgan fingerprint density at radius 1 is 1.08 bits per heavy atom. The number of rotatable bonds is 6. The summed E-state index contributed by atoms with van der Waals surface area (Å²) in [7, 11) is 0. The van der Waals surface area contributed by atoms with E-state index < -0.39 is 0 Å². The molecule has 0 atom stereocenters. The molecule has 0 heterocycles. The number of carbonyl (C=O) groups is 1. The van der Waals surface area contributed by atoms with Crippen LogP contribution in [0.1, 0.15) is 36.8 Å². The Kier molecular flexibility index (Phi) is 5.59. The highest BCUT2D eigenvalue weighted by Gasteiger charge is 2.16. The third-order valence-corrected chi connectivity index (χ3v) is 4.66. The Morgan fingerprint density at radius 2 is 1.80 bits per heavy atom. The van der Waals surface area contributed by atoms with Gasteiger partial charge in [-0.25, -0.2) is 0 Å². The Bertz CT molecular complexity index is 718. The van der Waals surface area contributed by atoms with E-state index in [0.717, 1.165) is 41.2 Å².